The van der Waals surface area contributed by atoms with Crippen molar-refractivity contribution in [2.45, 2.75) is 34.0 Å². The Balaban J connectivity index is 1.64. The van der Waals surface area contributed by atoms with Crippen molar-refractivity contribution in [3.05, 3.63) is 58.1 Å². The molecule has 0 radical (unpaired) electrons. The van der Waals surface area contributed by atoms with Gasteiger partial charge in [0.1, 0.15) is 11.4 Å². The largest absolute Gasteiger partial charge is 0.471 e. The molecule has 2 heterocycles. The van der Waals surface area contributed by atoms with E-state index in [-0.39, 0.29) is 12.6 Å². The van der Waals surface area contributed by atoms with Gasteiger partial charge in [-0.2, -0.15) is 10.2 Å². The molecular formula is C18H20BrN5O2. The SMILES string of the molecule is CCn1ncc(Br)c1C(=O)Nc1cnn(COc2ccc(C)cc2C)c1. The lowest BCUT2D eigenvalue weighted by atomic mass is 10.1. The van der Waals surface area contributed by atoms with E-state index in [1.807, 2.05) is 32.9 Å². The van der Waals surface area contributed by atoms with Gasteiger partial charge in [-0.1, -0.05) is 17.7 Å². The zero-order chi connectivity index (χ0) is 18.7. The molecule has 2 aromatic heterocycles. The van der Waals surface area contributed by atoms with Gasteiger partial charge in [0.2, 0.25) is 0 Å². The Morgan fingerprint density at radius 1 is 1.27 bits per heavy atom. The number of amides is 1. The maximum absolute atomic E-state index is 12.5. The summed E-state index contributed by atoms with van der Waals surface area (Å²) in [7, 11) is 0. The summed E-state index contributed by atoms with van der Waals surface area (Å²) < 4.78 is 9.70. The second-order valence-corrected chi connectivity index (χ2v) is 6.78. The smallest absolute Gasteiger partial charge is 0.275 e. The summed E-state index contributed by atoms with van der Waals surface area (Å²) in [4.78, 5) is 12.5. The molecule has 0 saturated heterocycles. The number of carbonyl (C=O) groups is 1. The van der Waals surface area contributed by atoms with E-state index in [1.54, 1.807) is 28.0 Å². The quantitative estimate of drug-likeness (QED) is 0.662. The lowest BCUT2D eigenvalue weighted by Gasteiger charge is -2.09. The van der Waals surface area contributed by atoms with Crippen LogP contribution in [0.3, 0.4) is 0 Å². The van der Waals surface area contributed by atoms with Crippen LogP contribution in [0.5, 0.6) is 5.75 Å². The summed E-state index contributed by atoms with van der Waals surface area (Å²) in [5.74, 6) is 0.568. The lowest BCUT2D eigenvalue weighted by Crippen LogP contribution is -2.17. The van der Waals surface area contributed by atoms with Crippen LogP contribution in [0, 0.1) is 13.8 Å². The van der Waals surface area contributed by atoms with Gasteiger partial charge in [0.05, 0.1) is 28.8 Å². The van der Waals surface area contributed by atoms with E-state index >= 15 is 0 Å². The van der Waals surface area contributed by atoms with Crippen LogP contribution < -0.4 is 10.1 Å². The van der Waals surface area contributed by atoms with Gasteiger partial charge in [0.25, 0.3) is 5.91 Å². The third-order valence-electron chi connectivity index (χ3n) is 3.88. The Morgan fingerprint density at radius 2 is 2.08 bits per heavy atom. The van der Waals surface area contributed by atoms with E-state index in [9.17, 15) is 4.79 Å². The van der Waals surface area contributed by atoms with E-state index in [1.165, 1.54) is 5.56 Å². The van der Waals surface area contributed by atoms with Crippen molar-refractivity contribution in [1.29, 1.82) is 0 Å². The highest BCUT2D eigenvalue weighted by atomic mass is 79.9. The van der Waals surface area contributed by atoms with Gasteiger partial charge in [-0.15, -0.1) is 0 Å². The number of rotatable bonds is 6. The zero-order valence-corrected chi connectivity index (χ0v) is 16.4. The van der Waals surface area contributed by atoms with Crippen LogP contribution in [0.2, 0.25) is 0 Å². The molecule has 136 valence electrons. The molecule has 0 unspecified atom stereocenters. The molecule has 0 atom stereocenters. The molecule has 0 bridgehead atoms. The number of ether oxygens (including phenoxy) is 1. The average Bonchev–Trinajstić information content (AvgIpc) is 3.20. The first kappa shape index (κ1) is 18.2. The number of aryl methyl sites for hydroxylation is 3. The maximum Gasteiger partial charge on any atom is 0.275 e. The van der Waals surface area contributed by atoms with Crippen molar-refractivity contribution in [3.8, 4) is 5.75 Å². The molecule has 1 aromatic carbocycles. The van der Waals surface area contributed by atoms with E-state index in [2.05, 4.69) is 37.5 Å². The summed E-state index contributed by atoms with van der Waals surface area (Å²) in [6.07, 6.45) is 4.92. The van der Waals surface area contributed by atoms with Crippen LogP contribution in [-0.4, -0.2) is 25.5 Å². The first-order valence-corrected chi connectivity index (χ1v) is 9.02. The number of nitrogens with one attached hydrogen (secondary N) is 1. The number of nitrogens with zero attached hydrogens (tertiary/aromatic N) is 4. The fraction of sp³-hybridized carbons (Fsp3) is 0.278. The molecule has 3 rings (SSSR count). The van der Waals surface area contributed by atoms with Gasteiger partial charge in [-0.05, 0) is 48.3 Å². The molecule has 3 aromatic rings. The van der Waals surface area contributed by atoms with E-state index < -0.39 is 0 Å². The maximum atomic E-state index is 12.5. The minimum absolute atomic E-state index is 0.244. The second-order valence-electron chi connectivity index (χ2n) is 5.92. The first-order valence-electron chi connectivity index (χ1n) is 8.23. The molecule has 1 N–H and O–H groups in total. The summed E-state index contributed by atoms with van der Waals surface area (Å²) in [6, 6.07) is 6.02. The van der Waals surface area contributed by atoms with Crippen molar-refractivity contribution in [2.75, 3.05) is 5.32 Å². The van der Waals surface area contributed by atoms with Crippen LogP contribution in [-0.2, 0) is 13.3 Å². The normalized spacial score (nSPS) is 10.8. The molecule has 0 fully saturated rings. The summed E-state index contributed by atoms with van der Waals surface area (Å²) >= 11 is 3.35. The predicted octanol–water partition coefficient (Wildman–Crippen LogP) is 3.77. The molecule has 7 nitrogen and oxygen atoms in total. The van der Waals surface area contributed by atoms with Gasteiger partial charge in [-0.25, -0.2) is 4.68 Å². The molecule has 0 aliphatic rings. The van der Waals surface area contributed by atoms with E-state index in [0.717, 1.165) is 11.3 Å². The van der Waals surface area contributed by atoms with Crippen molar-refractivity contribution in [1.82, 2.24) is 19.6 Å². The highest BCUT2D eigenvalue weighted by Crippen LogP contribution is 2.20. The summed E-state index contributed by atoms with van der Waals surface area (Å²) in [6.45, 7) is 6.85. The Kier molecular flexibility index (Phi) is 5.41. The first-order chi connectivity index (χ1) is 12.5. The monoisotopic (exact) mass is 417 g/mol. The highest BCUT2D eigenvalue weighted by Gasteiger charge is 2.17. The molecule has 0 aliphatic carbocycles. The van der Waals surface area contributed by atoms with Crippen molar-refractivity contribution in [3.63, 3.8) is 0 Å². The predicted molar refractivity (Wildman–Crippen MR) is 102 cm³/mol. The lowest BCUT2D eigenvalue weighted by molar-refractivity contribution is 0.101. The van der Waals surface area contributed by atoms with Crippen LogP contribution >= 0.6 is 15.9 Å². The molecular weight excluding hydrogens is 398 g/mol. The number of carbonyl (C=O) groups excluding carboxylic acids is 1. The molecule has 0 spiro atoms. The third-order valence-corrected chi connectivity index (χ3v) is 4.46. The van der Waals surface area contributed by atoms with Crippen LogP contribution in [0.4, 0.5) is 5.69 Å². The van der Waals surface area contributed by atoms with Crippen LogP contribution in [0.15, 0.2) is 41.3 Å². The van der Waals surface area contributed by atoms with Gasteiger partial charge >= 0.3 is 0 Å². The Labute approximate surface area is 160 Å². The third kappa shape index (κ3) is 3.96. The minimum Gasteiger partial charge on any atom is -0.471 e. The number of anilines is 1. The standard InChI is InChI=1S/C18H20BrN5O2/c1-4-24-17(15(19)9-21-24)18(25)22-14-8-20-23(10-14)11-26-16-6-5-12(2)7-13(16)3/h5-10H,4,11H2,1-3H3,(H,22,25). The number of aromatic nitrogens is 4. The molecule has 1 amide bonds. The Bertz CT molecular complexity index is 932. The molecule has 0 aliphatic heterocycles. The highest BCUT2D eigenvalue weighted by molar-refractivity contribution is 9.10. The van der Waals surface area contributed by atoms with Gasteiger partial charge in [0, 0.05) is 6.54 Å². The molecule has 0 saturated carbocycles. The Hall–Kier alpha value is -2.61. The van der Waals surface area contributed by atoms with E-state index in [4.69, 9.17) is 4.74 Å². The molecule has 8 heteroatoms. The number of hydrogen-bond donors (Lipinski definition) is 1. The van der Waals surface area contributed by atoms with Crippen LogP contribution in [0.25, 0.3) is 0 Å². The van der Waals surface area contributed by atoms with E-state index in [0.29, 0.717) is 22.4 Å². The van der Waals surface area contributed by atoms with Crippen molar-refractivity contribution < 1.29 is 9.53 Å². The van der Waals surface area contributed by atoms with Crippen molar-refractivity contribution in [2.24, 2.45) is 0 Å². The fourth-order valence-corrected chi connectivity index (χ4v) is 3.09. The number of hydrogen-bond acceptors (Lipinski definition) is 4. The summed E-state index contributed by atoms with van der Waals surface area (Å²) in [5.41, 5.74) is 3.33. The van der Waals surface area contributed by atoms with Gasteiger partial charge in [0.15, 0.2) is 6.73 Å². The number of benzene rings is 1. The minimum atomic E-state index is -0.244. The fourth-order valence-electron chi connectivity index (χ4n) is 2.61. The zero-order valence-electron chi connectivity index (χ0n) is 14.9. The summed E-state index contributed by atoms with van der Waals surface area (Å²) in [5, 5.41) is 11.2. The Morgan fingerprint density at radius 3 is 2.81 bits per heavy atom. The van der Waals surface area contributed by atoms with Crippen molar-refractivity contribution >= 4 is 27.5 Å². The average molecular weight is 418 g/mol. The van der Waals surface area contributed by atoms with Gasteiger partial charge < -0.3 is 10.1 Å². The topological polar surface area (TPSA) is 74.0 Å². The van der Waals surface area contributed by atoms with Gasteiger partial charge in [-0.3, -0.25) is 9.48 Å². The van der Waals surface area contributed by atoms with Crippen LogP contribution in [0.1, 0.15) is 28.5 Å². The number of halogens is 1. The molecule has 26 heavy (non-hydrogen) atoms. The second kappa shape index (κ2) is 7.74.